The summed E-state index contributed by atoms with van der Waals surface area (Å²) in [6.45, 7) is 9.93. The van der Waals surface area contributed by atoms with Gasteiger partial charge in [-0.25, -0.2) is 0 Å². The van der Waals surface area contributed by atoms with Crippen LogP contribution in [0.1, 0.15) is 13.8 Å². The highest BCUT2D eigenvalue weighted by Gasteiger charge is 2.35. The fourth-order valence-electron chi connectivity index (χ4n) is 2.12. The van der Waals surface area contributed by atoms with Crippen molar-refractivity contribution < 1.29 is 4.74 Å². The van der Waals surface area contributed by atoms with Crippen molar-refractivity contribution in [3.8, 4) is 0 Å². The van der Waals surface area contributed by atoms with Crippen LogP contribution in [0.25, 0.3) is 0 Å². The molecule has 84 valence electrons. The summed E-state index contributed by atoms with van der Waals surface area (Å²) >= 11 is 1.54. The fraction of sp³-hybridized carbons (Fsp3) is 0.800. The van der Waals surface area contributed by atoms with Gasteiger partial charge in [0.25, 0.3) is 0 Å². The molecule has 2 aliphatic rings. The van der Waals surface area contributed by atoms with Gasteiger partial charge in [-0.15, -0.1) is 11.1 Å². The topological polar surface area (TPSA) is 37.2 Å². The van der Waals surface area contributed by atoms with Gasteiger partial charge < -0.3 is 4.74 Å². The Bertz CT molecular complexity index is 261. The van der Waals surface area contributed by atoms with E-state index in [4.69, 9.17) is 4.74 Å². The average molecular weight is 227 g/mol. The number of hydrogen-bond acceptors (Lipinski definition) is 5. The molecule has 1 saturated heterocycles. The monoisotopic (exact) mass is 227 g/mol. The number of hydrogen-bond donors (Lipinski definition) is 0. The summed E-state index contributed by atoms with van der Waals surface area (Å²) in [6, 6.07) is 0.132. The standard InChI is InChI=1S/C10H17N3OS/c1-4-9-10(15-12-11-9)13-5-7(2)14-8(3)6-13/h4,7-10H,1,5-6H2,2-3H3. The number of ether oxygens (including phenoxy) is 1. The molecule has 0 aromatic heterocycles. The molecule has 0 aromatic rings. The number of morpholine rings is 1. The van der Waals surface area contributed by atoms with Crippen LogP contribution in [0.15, 0.2) is 22.3 Å². The van der Waals surface area contributed by atoms with Crippen molar-refractivity contribution in [2.75, 3.05) is 13.1 Å². The highest BCUT2D eigenvalue weighted by Crippen LogP contribution is 2.32. The van der Waals surface area contributed by atoms with Gasteiger partial charge in [0.2, 0.25) is 0 Å². The minimum atomic E-state index is 0.132. The summed E-state index contributed by atoms with van der Waals surface area (Å²) in [7, 11) is 0. The second-order valence-corrected chi connectivity index (χ2v) is 4.99. The molecule has 2 rings (SSSR count). The molecule has 0 radical (unpaired) electrons. The Kier molecular flexibility index (Phi) is 3.43. The van der Waals surface area contributed by atoms with Crippen molar-refractivity contribution in [1.29, 1.82) is 0 Å². The van der Waals surface area contributed by atoms with E-state index in [2.05, 4.69) is 35.0 Å². The first-order valence-corrected chi connectivity index (χ1v) is 6.12. The molecule has 1 fully saturated rings. The lowest BCUT2D eigenvalue weighted by Crippen LogP contribution is -2.51. The van der Waals surface area contributed by atoms with E-state index >= 15 is 0 Å². The predicted octanol–water partition coefficient (Wildman–Crippen LogP) is 2.09. The van der Waals surface area contributed by atoms with E-state index < -0.39 is 0 Å². The highest BCUT2D eigenvalue weighted by molar-refractivity contribution is 7.98. The van der Waals surface area contributed by atoms with E-state index in [1.807, 2.05) is 6.08 Å². The lowest BCUT2D eigenvalue weighted by molar-refractivity contribution is -0.0715. The molecule has 0 N–H and O–H groups in total. The summed E-state index contributed by atoms with van der Waals surface area (Å²) in [5, 5.41) is 4.46. The van der Waals surface area contributed by atoms with Gasteiger partial charge in [-0.3, -0.25) is 4.90 Å². The molecule has 2 aliphatic heterocycles. The average Bonchev–Trinajstić information content (AvgIpc) is 2.63. The van der Waals surface area contributed by atoms with E-state index in [-0.39, 0.29) is 6.04 Å². The third-order valence-electron chi connectivity index (χ3n) is 2.68. The Balaban J connectivity index is 2.00. The zero-order chi connectivity index (χ0) is 10.8. The summed E-state index contributed by atoms with van der Waals surface area (Å²) in [5.41, 5.74) is 0. The van der Waals surface area contributed by atoms with Crippen LogP contribution in [0.5, 0.6) is 0 Å². The maximum Gasteiger partial charge on any atom is 0.116 e. The molecule has 0 amide bonds. The van der Waals surface area contributed by atoms with Crippen LogP contribution >= 0.6 is 11.9 Å². The Morgan fingerprint density at radius 2 is 2.07 bits per heavy atom. The Labute approximate surface area is 94.9 Å². The van der Waals surface area contributed by atoms with Gasteiger partial charge in [0.1, 0.15) is 11.4 Å². The quantitative estimate of drug-likeness (QED) is 0.535. The maximum absolute atomic E-state index is 5.71. The van der Waals surface area contributed by atoms with E-state index in [0.29, 0.717) is 17.6 Å². The summed E-state index contributed by atoms with van der Waals surface area (Å²) in [6.07, 6.45) is 2.46. The van der Waals surface area contributed by atoms with Gasteiger partial charge in [0.15, 0.2) is 0 Å². The molecule has 0 spiro atoms. The van der Waals surface area contributed by atoms with Crippen LogP contribution in [-0.2, 0) is 4.74 Å². The molecule has 4 nitrogen and oxygen atoms in total. The van der Waals surface area contributed by atoms with Gasteiger partial charge in [-0.05, 0) is 13.8 Å². The predicted molar refractivity (Wildman–Crippen MR) is 61.8 cm³/mol. The zero-order valence-corrected chi connectivity index (χ0v) is 9.98. The fourth-order valence-corrected chi connectivity index (χ4v) is 2.98. The first-order valence-electron chi connectivity index (χ1n) is 5.28. The van der Waals surface area contributed by atoms with Crippen molar-refractivity contribution in [3.63, 3.8) is 0 Å². The van der Waals surface area contributed by atoms with E-state index in [9.17, 15) is 0 Å². The molecule has 0 saturated carbocycles. The molecular weight excluding hydrogens is 210 g/mol. The molecule has 5 heteroatoms. The van der Waals surface area contributed by atoms with Crippen molar-refractivity contribution >= 4 is 11.9 Å². The minimum absolute atomic E-state index is 0.132. The molecular formula is C10H17N3OS. The lowest BCUT2D eigenvalue weighted by atomic mass is 10.2. The van der Waals surface area contributed by atoms with Crippen LogP contribution < -0.4 is 0 Å². The summed E-state index contributed by atoms with van der Waals surface area (Å²) in [4.78, 5) is 2.40. The summed E-state index contributed by atoms with van der Waals surface area (Å²) < 4.78 is 9.74. The van der Waals surface area contributed by atoms with Crippen LogP contribution in [-0.4, -0.2) is 41.6 Å². The zero-order valence-electron chi connectivity index (χ0n) is 9.17. The number of rotatable bonds is 2. The SMILES string of the molecule is C=CC1N=NSC1N1CC(C)OC(C)C1. The Morgan fingerprint density at radius 1 is 1.40 bits per heavy atom. The Morgan fingerprint density at radius 3 is 2.67 bits per heavy atom. The van der Waals surface area contributed by atoms with Crippen molar-refractivity contribution in [2.24, 2.45) is 9.63 Å². The molecule has 4 unspecified atom stereocenters. The number of nitrogens with zero attached hydrogens (tertiary/aromatic N) is 3. The van der Waals surface area contributed by atoms with Crippen LogP contribution in [0, 0.1) is 0 Å². The molecule has 15 heavy (non-hydrogen) atoms. The molecule has 0 bridgehead atoms. The van der Waals surface area contributed by atoms with E-state index in [1.165, 1.54) is 0 Å². The molecule has 0 aliphatic carbocycles. The van der Waals surface area contributed by atoms with Gasteiger partial charge in [0, 0.05) is 25.0 Å². The largest absolute Gasteiger partial charge is 0.373 e. The minimum Gasteiger partial charge on any atom is -0.373 e. The highest BCUT2D eigenvalue weighted by atomic mass is 32.2. The Hall–Kier alpha value is -0.390. The first kappa shape index (κ1) is 11.1. The van der Waals surface area contributed by atoms with E-state index in [0.717, 1.165) is 13.1 Å². The van der Waals surface area contributed by atoms with Gasteiger partial charge in [-0.1, -0.05) is 6.08 Å². The maximum atomic E-state index is 5.71. The molecule has 4 atom stereocenters. The smallest absolute Gasteiger partial charge is 0.116 e. The summed E-state index contributed by atoms with van der Waals surface area (Å²) in [5.74, 6) is 0. The molecule has 2 heterocycles. The van der Waals surface area contributed by atoms with Crippen LogP contribution in [0.2, 0.25) is 0 Å². The normalized spacial score (nSPS) is 42.0. The van der Waals surface area contributed by atoms with E-state index in [1.54, 1.807) is 11.9 Å². The third kappa shape index (κ3) is 2.41. The van der Waals surface area contributed by atoms with Gasteiger partial charge >= 0.3 is 0 Å². The second kappa shape index (κ2) is 4.63. The van der Waals surface area contributed by atoms with Crippen molar-refractivity contribution in [2.45, 2.75) is 37.5 Å². The molecule has 0 aromatic carbocycles. The second-order valence-electron chi connectivity index (χ2n) is 4.13. The lowest BCUT2D eigenvalue weighted by Gasteiger charge is -2.38. The first-order chi connectivity index (χ1) is 7.20. The third-order valence-corrected chi connectivity index (χ3v) is 3.66. The van der Waals surface area contributed by atoms with Crippen molar-refractivity contribution in [3.05, 3.63) is 12.7 Å². The van der Waals surface area contributed by atoms with Crippen LogP contribution in [0.4, 0.5) is 0 Å². The van der Waals surface area contributed by atoms with Gasteiger partial charge in [0.05, 0.1) is 12.2 Å². The van der Waals surface area contributed by atoms with Crippen LogP contribution in [0.3, 0.4) is 0 Å². The van der Waals surface area contributed by atoms with Crippen molar-refractivity contribution in [1.82, 2.24) is 4.90 Å². The van der Waals surface area contributed by atoms with Gasteiger partial charge in [-0.2, -0.15) is 5.11 Å².